The minimum Gasteiger partial charge on any atom is -0.338 e. The molecule has 2 aromatic carbocycles. The summed E-state index contributed by atoms with van der Waals surface area (Å²) in [4.78, 5) is 17.4. The second-order valence-corrected chi connectivity index (χ2v) is 7.72. The Morgan fingerprint density at radius 1 is 1.13 bits per heavy atom. The molecule has 0 unspecified atom stereocenters. The summed E-state index contributed by atoms with van der Waals surface area (Å²) in [6.45, 7) is 0.479. The number of benzene rings is 2. The number of halogens is 2. The molecule has 0 aliphatic rings. The van der Waals surface area contributed by atoms with E-state index >= 15 is 0 Å². The van der Waals surface area contributed by atoms with E-state index in [9.17, 15) is 4.79 Å². The number of nitrogens with one attached hydrogen (secondary N) is 1. The van der Waals surface area contributed by atoms with Crippen LogP contribution in [0, 0.1) is 0 Å². The van der Waals surface area contributed by atoms with Gasteiger partial charge in [-0.1, -0.05) is 53.5 Å². The molecule has 0 saturated heterocycles. The first-order valence-corrected chi connectivity index (χ1v) is 10.1. The molecular formula is C22H19Cl2N5O. The molecule has 1 atom stereocenters. The van der Waals surface area contributed by atoms with Gasteiger partial charge < -0.3 is 9.88 Å². The van der Waals surface area contributed by atoms with Gasteiger partial charge in [0.2, 0.25) is 0 Å². The van der Waals surface area contributed by atoms with E-state index in [0.717, 1.165) is 11.1 Å². The Morgan fingerprint density at radius 2 is 1.90 bits per heavy atom. The molecule has 0 radical (unpaired) electrons. The summed E-state index contributed by atoms with van der Waals surface area (Å²) in [5.41, 5.74) is 2.27. The van der Waals surface area contributed by atoms with Crippen molar-refractivity contribution in [3.63, 3.8) is 0 Å². The van der Waals surface area contributed by atoms with Crippen LogP contribution >= 0.6 is 23.2 Å². The molecule has 1 N–H and O–H groups in total. The quantitative estimate of drug-likeness (QED) is 0.481. The first-order chi connectivity index (χ1) is 14.5. The van der Waals surface area contributed by atoms with Gasteiger partial charge in [-0.05, 0) is 29.3 Å². The van der Waals surface area contributed by atoms with Gasteiger partial charge in [0, 0.05) is 35.7 Å². The summed E-state index contributed by atoms with van der Waals surface area (Å²) >= 11 is 12.2. The van der Waals surface area contributed by atoms with E-state index in [4.69, 9.17) is 23.2 Å². The van der Waals surface area contributed by atoms with Gasteiger partial charge in [-0.2, -0.15) is 5.10 Å². The van der Waals surface area contributed by atoms with Gasteiger partial charge in [0.25, 0.3) is 5.91 Å². The van der Waals surface area contributed by atoms with Crippen LogP contribution < -0.4 is 5.32 Å². The van der Waals surface area contributed by atoms with E-state index in [1.54, 1.807) is 35.4 Å². The molecule has 0 aliphatic heterocycles. The summed E-state index contributed by atoms with van der Waals surface area (Å²) in [5, 5.41) is 8.65. The van der Waals surface area contributed by atoms with Crippen LogP contribution in [0.4, 0.5) is 0 Å². The van der Waals surface area contributed by atoms with Gasteiger partial charge in [0.1, 0.15) is 11.9 Å². The van der Waals surface area contributed by atoms with Crippen LogP contribution in [0.2, 0.25) is 10.0 Å². The fraction of sp³-hybridized carbons (Fsp3) is 0.136. The zero-order valence-corrected chi connectivity index (χ0v) is 17.7. The maximum atomic E-state index is 13.0. The van der Waals surface area contributed by atoms with Crippen molar-refractivity contribution < 1.29 is 4.79 Å². The molecular weight excluding hydrogens is 421 g/mol. The third kappa shape index (κ3) is 4.40. The highest BCUT2D eigenvalue weighted by Gasteiger charge is 2.22. The van der Waals surface area contributed by atoms with Crippen LogP contribution in [-0.2, 0) is 13.6 Å². The number of carbonyl (C=O) groups is 1. The number of carbonyl (C=O) groups excluding carboxylic acids is 1. The Kier molecular flexibility index (Phi) is 5.88. The van der Waals surface area contributed by atoms with E-state index in [1.165, 1.54) is 0 Å². The molecule has 8 heteroatoms. The van der Waals surface area contributed by atoms with Gasteiger partial charge in [-0.15, -0.1) is 0 Å². The molecule has 2 heterocycles. The molecule has 30 heavy (non-hydrogen) atoms. The Morgan fingerprint density at radius 3 is 2.60 bits per heavy atom. The Balaban J connectivity index is 1.56. The maximum absolute atomic E-state index is 13.0. The number of rotatable bonds is 6. The topological polar surface area (TPSA) is 64.7 Å². The predicted molar refractivity (Wildman–Crippen MR) is 117 cm³/mol. The van der Waals surface area contributed by atoms with Gasteiger partial charge in [-0.25, -0.2) is 4.98 Å². The number of aromatic nitrogens is 4. The van der Waals surface area contributed by atoms with Crippen LogP contribution in [0.25, 0.3) is 0 Å². The average molecular weight is 440 g/mol. The summed E-state index contributed by atoms with van der Waals surface area (Å²) in [6.07, 6.45) is 6.79. The van der Waals surface area contributed by atoms with Crippen LogP contribution in [0.15, 0.2) is 73.3 Å². The van der Waals surface area contributed by atoms with E-state index in [2.05, 4.69) is 15.4 Å². The number of aryl methyl sites for hydroxylation is 1. The average Bonchev–Trinajstić information content (AvgIpc) is 3.38. The van der Waals surface area contributed by atoms with E-state index in [0.29, 0.717) is 28.0 Å². The maximum Gasteiger partial charge on any atom is 0.255 e. The predicted octanol–water partition coefficient (Wildman–Crippen LogP) is 4.49. The number of hydrogen-bond donors (Lipinski definition) is 1. The summed E-state index contributed by atoms with van der Waals surface area (Å²) in [7, 11) is 1.89. The second kappa shape index (κ2) is 8.73. The first-order valence-electron chi connectivity index (χ1n) is 9.30. The van der Waals surface area contributed by atoms with Crippen LogP contribution in [0.3, 0.4) is 0 Å². The SMILES string of the molecule is Cn1ccnc1[C@@H](NC(=O)c1cnn(Cc2ccccc2Cl)c1)c1ccc(Cl)cc1. The molecule has 6 nitrogen and oxygen atoms in total. The minimum absolute atomic E-state index is 0.247. The highest BCUT2D eigenvalue weighted by Crippen LogP contribution is 2.23. The lowest BCUT2D eigenvalue weighted by atomic mass is 10.1. The molecule has 0 saturated carbocycles. The zero-order valence-electron chi connectivity index (χ0n) is 16.2. The third-order valence-corrected chi connectivity index (χ3v) is 5.40. The summed E-state index contributed by atoms with van der Waals surface area (Å²) < 4.78 is 3.56. The fourth-order valence-corrected chi connectivity index (χ4v) is 3.51. The Bertz CT molecular complexity index is 1170. The second-order valence-electron chi connectivity index (χ2n) is 6.87. The van der Waals surface area contributed by atoms with Crippen LogP contribution in [0.5, 0.6) is 0 Å². The largest absolute Gasteiger partial charge is 0.338 e. The van der Waals surface area contributed by atoms with Crippen molar-refractivity contribution in [2.75, 3.05) is 0 Å². The van der Waals surface area contributed by atoms with Gasteiger partial charge >= 0.3 is 0 Å². The van der Waals surface area contributed by atoms with Crippen LogP contribution in [-0.4, -0.2) is 25.2 Å². The Hall–Kier alpha value is -3.09. The molecule has 1 amide bonds. The van der Waals surface area contributed by atoms with Crippen molar-refractivity contribution in [2.24, 2.45) is 7.05 Å². The highest BCUT2D eigenvalue weighted by atomic mass is 35.5. The molecule has 0 spiro atoms. The molecule has 0 fully saturated rings. The smallest absolute Gasteiger partial charge is 0.255 e. The standard InChI is InChI=1S/C22H19Cl2N5O/c1-28-11-10-25-21(28)20(15-6-8-18(23)9-7-15)27-22(30)17-12-26-29(14-17)13-16-4-2-3-5-19(16)24/h2-12,14,20H,13H2,1H3,(H,27,30)/t20-/m0/s1. The molecule has 0 bridgehead atoms. The number of amides is 1. The monoisotopic (exact) mass is 439 g/mol. The lowest BCUT2D eigenvalue weighted by Gasteiger charge is -2.19. The fourth-order valence-electron chi connectivity index (χ4n) is 3.19. The first kappa shape index (κ1) is 20.2. The minimum atomic E-state index is -0.429. The van der Waals surface area contributed by atoms with Crippen molar-refractivity contribution in [1.82, 2.24) is 24.6 Å². The van der Waals surface area contributed by atoms with E-state index in [-0.39, 0.29) is 5.91 Å². The lowest BCUT2D eigenvalue weighted by Crippen LogP contribution is -2.31. The number of imidazole rings is 1. The molecule has 152 valence electrons. The third-order valence-electron chi connectivity index (χ3n) is 4.78. The van der Waals surface area contributed by atoms with Gasteiger partial charge in [0.15, 0.2) is 0 Å². The Labute approximate surface area is 184 Å². The zero-order chi connectivity index (χ0) is 21.1. The van der Waals surface area contributed by atoms with Crippen molar-refractivity contribution in [3.05, 3.63) is 106 Å². The van der Waals surface area contributed by atoms with Crippen molar-refractivity contribution >= 4 is 29.1 Å². The van der Waals surface area contributed by atoms with E-state index in [1.807, 2.05) is 54.2 Å². The summed E-state index contributed by atoms with van der Waals surface area (Å²) in [5.74, 6) is 0.470. The van der Waals surface area contributed by atoms with Gasteiger partial charge in [-0.3, -0.25) is 9.48 Å². The van der Waals surface area contributed by atoms with Crippen molar-refractivity contribution in [2.45, 2.75) is 12.6 Å². The normalized spacial score (nSPS) is 12.0. The lowest BCUT2D eigenvalue weighted by molar-refractivity contribution is 0.0941. The molecule has 4 rings (SSSR count). The molecule has 0 aliphatic carbocycles. The van der Waals surface area contributed by atoms with Crippen molar-refractivity contribution in [1.29, 1.82) is 0 Å². The van der Waals surface area contributed by atoms with Crippen molar-refractivity contribution in [3.8, 4) is 0 Å². The summed E-state index contributed by atoms with van der Waals surface area (Å²) in [6, 6.07) is 14.5. The van der Waals surface area contributed by atoms with E-state index < -0.39 is 6.04 Å². The number of hydrogen-bond acceptors (Lipinski definition) is 3. The van der Waals surface area contributed by atoms with Gasteiger partial charge in [0.05, 0.1) is 18.3 Å². The molecule has 4 aromatic rings. The van der Waals surface area contributed by atoms with Crippen LogP contribution in [0.1, 0.15) is 33.4 Å². The number of nitrogens with zero attached hydrogens (tertiary/aromatic N) is 4. The highest BCUT2D eigenvalue weighted by molar-refractivity contribution is 6.31. The molecule has 2 aromatic heterocycles.